The van der Waals surface area contributed by atoms with Gasteiger partial charge in [-0.2, -0.15) is 0 Å². The van der Waals surface area contributed by atoms with Gasteiger partial charge in [-0.05, 0) is 12.2 Å². The fourth-order valence-corrected chi connectivity index (χ4v) is 1.39. The van der Waals surface area contributed by atoms with Gasteiger partial charge in [-0.1, -0.05) is 0 Å². The molecule has 14 heavy (non-hydrogen) atoms. The minimum absolute atomic E-state index is 0.0940. The minimum atomic E-state index is -0.779. The second-order valence-corrected chi connectivity index (χ2v) is 3.08. The summed E-state index contributed by atoms with van der Waals surface area (Å²) in [4.78, 5) is 10.1. The van der Waals surface area contributed by atoms with E-state index in [4.69, 9.17) is 12.2 Å². The SMILES string of the molecule is O=[N+]([O-])/N=C1/N[C@H]2NC(=S)NN[C@H]2N1. The number of thiocarbonyl (C=S) groups is 1. The Labute approximate surface area is 83.4 Å². The summed E-state index contributed by atoms with van der Waals surface area (Å²) in [6.07, 6.45) is -0.483. The average molecular weight is 217 g/mol. The van der Waals surface area contributed by atoms with Gasteiger partial charge in [0, 0.05) is 0 Å². The number of hydrazone groups is 1. The summed E-state index contributed by atoms with van der Waals surface area (Å²) in [5.41, 5.74) is 5.47. The molecule has 0 aromatic heterocycles. The summed E-state index contributed by atoms with van der Waals surface area (Å²) in [5, 5.41) is 21.2. The molecule has 2 rings (SSSR count). The Bertz CT molecular complexity index is 317. The van der Waals surface area contributed by atoms with E-state index in [1.165, 1.54) is 0 Å². The van der Waals surface area contributed by atoms with Gasteiger partial charge in [0.05, 0.1) is 0 Å². The van der Waals surface area contributed by atoms with Crippen LogP contribution in [0.5, 0.6) is 0 Å². The maximum Gasteiger partial charge on any atom is 0.271 e. The Balaban J connectivity index is 2.05. The molecule has 76 valence electrons. The van der Waals surface area contributed by atoms with Crippen molar-refractivity contribution in [2.75, 3.05) is 0 Å². The molecule has 2 heterocycles. The summed E-state index contributed by atoms with van der Waals surface area (Å²) in [5.74, 6) is 0.0940. The highest BCUT2D eigenvalue weighted by molar-refractivity contribution is 7.80. The molecular weight excluding hydrogens is 210 g/mol. The third kappa shape index (κ3) is 1.65. The van der Waals surface area contributed by atoms with E-state index in [1.807, 2.05) is 0 Å². The van der Waals surface area contributed by atoms with Crippen molar-refractivity contribution >= 4 is 23.3 Å². The van der Waals surface area contributed by atoms with Gasteiger partial charge in [-0.25, -0.2) is 15.5 Å². The van der Waals surface area contributed by atoms with E-state index in [-0.39, 0.29) is 18.3 Å². The molecule has 10 heteroatoms. The van der Waals surface area contributed by atoms with Gasteiger partial charge < -0.3 is 16.0 Å². The number of hydrogen-bond donors (Lipinski definition) is 5. The molecule has 5 N–H and O–H groups in total. The smallest absolute Gasteiger partial charge is 0.271 e. The predicted octanol–water partition coefficient (Wildman–Crippen LogP) is -2.64. The Morgan fingerprint density at radius 1 is 1.36 bits per heavy atom. The lowest BCUT2D eigenvalue weighted by Gasteiger charge is -2.28. The zero-order valence-electron chi connectivity index (χ0n) is 6.77. The monoisotopic (exact) mass is 217 g/mol. The van der Waals surface area contributed by atoms with Gasteiger partial charge in [0.1, 0.15) is 17.4 Å². The first kappa shape index (κ1) is 8.90. The van der Waals surface area contributed by atoms with Crippen LogP contribution in [0.2, 0.25) is 0 Å². The average Bonchev–Trinajstić information content (AvgIpc) is 2.44. The van der Waals surface area contributed by atoms with Gasteiger partial charge in [0.15, 0.2) is 10.1 Å². The molecule has 0 saturated carbocycles. The standard InChI is InChI=1S/C4H7N7O2S/c12-11(13)10-3-5-1-2(6-3)8-9-4(14)7-1/h1-2,8H,(H2,5,6,10)(H2,7,9,14)/t1-,2+/m0/s1. The molecule has 0 aromatic rings. The van der Waals surface area contributed by atoms with E-state index in [9.17, 15) is 10.1 Å². The van der Waals surface area contributed by atoms with Gasteiger partial charge in [0.2, 0.25) is 0 Å². The third-order valence-electron chi connectivity index (χ3n) is 1.73. The molecule has 0 aromatic carbocycles. The van der Waals surface area contributed by atoms with Crippen molar-refractivity contribution in [3.8, 4) is 0 Å². The number of rotatable bonds is 1. The molecule has 9 nitrogen and oxygen atoms in total. The van der Waals surface area contributed by atoms with E-state index in [1.54, 1.807) is 0 Å². The molecule has 2 aliphatic rings. The minimum Gasteiger partial charge on any atom is -0.339 e. The van der Waals surface area contributed by atoms with Crippen LogP contribution in [-0.2, 0) is 0 Å². The number of hydrogen-bond acceptors (Lipinski definition) is 4. The van der Waals surface area contributed by atoms with E-state index in [2.05, 4.69) is 31.9 Å². The topological polar surface area (TPSA) is 116 Å². The van der Waals surface area contributed by atoms with E-state index in [0.717, 1.165) is 0 Å². The number of nitro groups is 1. The quantitative estimate of drug-likeness (QED) is 0.184. The predicted molar refractivity (Wildman–Crippen MR) is 50.3 cm³/mol. The molecule has 2 atom stereocenters. The molecule has 0 spiro atoms. The van der Waals surface area contributed by atoms with Crippen LogP contribution in [0.1, 0.15) is 0 Å². The summed E-state index contributed by atoms with van der Waals surface area (Å²) >= 11 is 4.83. The normalized spacial score (nSPS) is 32.3. The maximum absolute atomic E-state index is 10.1. The van der Waals surface area contributed by atoms with Crippen LogP contribution in [0.3, 0.4) is 0 Å². The lowest BCUT2D eigenvalue weighted by Crippen LogP contribution is -2.67. The highest BCUT2D eigenvalue weighted by Gasteiger charge is 2.35. The van der Waals surface area contributed by atoms with E-state index >= 15 is 0 Å². The van der Waals surface area contributed by atoms with Crippen LogP contribution >= 0.6 is 12.2 Å². The second kappa shape index (κ2) is 3.23. The number of fused-ring (bicyclic) bond motifs is 1. The first-order valence-corrected chi connectivity index (χ1v) is 4.14. The number of nitrogens with zero attached hydrogens (tertiary/aromatic N) is 2. The maximum atomic E-state index is 10.1. The Morgan fingerprint density at radius 3 is 2.79 bits per heavy atom. The summed E-state index contributed by atoms with van der Waals surface area (Å²) in [7, 11) is 0. The summed E-state index contributed by atoms with van der Waals surface area (Å²) < 4.78 is 0. The molecule has 2 saturated heterocycles. The first-order chi connectivity index (χ1) is 6.65. The van der Waals surface area contributed by atoms with Crippen LogP contribution < -0.4 is 26.8 Å². The van der Waals surface area contributed by atoms with Gasteiger partial charge >= 0.3 is 0 Å². The molecule has 2 fully saturated rings. The van der Waals surface area contributed by atoms with Crippen molar-refractivity contribution in [1.82, 2.24) is 26.8 Å². The van der Waals surface area contributed by atoms with E-state index in [0.29, 0.717) is 5.11 Å². The van der Waals surface area contributed by atoms with Gasteiger partial charge in [-0.3, -0.25) is 5.43 Å². The number of nitrogens with one attached hydrogen (secondary N) is 5. The molecule has 0 aliphatic carbocycles. The summed E-state index contributed by atoms with van der Waals surface area (Å²) in [6.45, 7) is 0. The second-order valence-electron chi connectivity index (χ2n) is 2.67. The third-order valence-corrected chi connectivity index (χ3v) is 1.95. The zero-order valence-corrected chi connectivity index (χ0v) is 7.59. The van der Waals surface area contributed by atoms with Crippen molar-refractivity contribution in [3.63, 3.8) is 0 Å². The van der Waals surface area contributed by atoms with Crippen molar-refractivity contribution in [2.45, 2.75) is 12.3 Å². The van der Waals surface area contributed by atoms with Crippen molar-refractivity contribution in [3.05, 3.63) is 10.1 Å². The van der Waals surface area contributed by atoms with Crippen LogP contribution in [0.15, 0.2) is 5.10 Å². The highest BCUT2D eigenvalue weighted by atomic mass is 32.1. The Morgan fingerprint density at radius 2 is 2.07 bits per heavy atom. The van der Waals surface area contributed by atoms with Crippen LogP contribution in [0.25, 0.3) is 0 Å². The van der Waals surface area contributed by atoms with Crippen LogP contribution in [0, 0.1) is 10.1 Å². The molecule has 2 aliphatic heterocycles. The fourth-order valence-electron chi connectivity index (χ4n) is 1.20. The summed E-state index contributed by atoms with van der Waals surface area (Å²) in [6, 6.07) is 0. The highest BCUT2D eigenvalue weighted by Crippen LogP contribution is 1.98. The molecular formula is C4H7N7O2S. The van der Waals surface area contributed by atoms with Gasteiger partial charge in [0.25, 0.3) is 5.96 Å². The van der Waals surface area contributed by atoms with Crippen molar-refractivity contribution < 1.29 is 5.03 Å². The fraction of sp³-hybridized carbons (Fsp3) is 0.500. The van der Waals surface area contributed by atoms with Crippen LogP contribution in [-0.4, -0.2) is 28.4 Å². The largest absolute Gasteiger partial charge is 0.339 e. The Hall–Kier alpha value is -1.68. The first-order valence-electron chi connectivity index (χ1n) is 3.73. The lowest BCUT2D eigenvalue weighted by molar-refractivity contribution is -0.485. The molecule has 0 amide bonds. The molecule has 0 unspecified atom stereocenters. The van der Waals surface area contributed by atoms with E-state index < -0.39 is 5.03 Å². The van der Waals surface area contributed by atoms with Crippen LogP contribution in [0.4, 0.5) is 0 Å². The number of guanidine groups is 1. The van der Waals surface area contributed by atoms with Crippen molar-refractivity contribution in [2.24, 2.45) is 5.10 Å². The number of hydrazine groups is 1. The molecule has 0 bridgehead atoms. The van der Waals surface area contributed by atoms with Gasteiger partial charge in [-0.15, -0.1) is 0 Å². The Kier molecular flexibility index (Phi) is 2.05. The zero-order chi connectivity index (χ0) is 10.1. The lowest BCUT2D eigenvalue weighted by atomic mass is 10.4. The van der Waals surface area contributed by atoms with Crippen molar-refractivity contribution in [1.29, 1.82) is 0 Å². The molecule has 0 radical (unpaired) electrons.